The minimum atomic E-state index is -0.0987. The summed E-state index contributed by atoms with van der Waals surface area (Å²) in [5, 5.41) is 2.81. The summed E-state index contributed by atoms with van der Waals surface area (Å²) in [6, 6.07) is 9.32. The Morgan fingerprint density at radius 1 is 1.12 bits per heavy atom. The first kappa shape index (κ1) is 16.8. The Balaban J connectivity index is 1.47. The molecule has 0 aliphatic carbocycles. The summed E-state index contributed by atoms with van der Waals surface area (Å²) < 4.78 is 5.12. The third-order valence-corrected chi connectivity index (χ3v) is 4.00. The van der Waals surface area contributed by atoms with E-state index in [1.165, 1.54) is 0 Å². The number of urea groups is 1. The van der Waals surface area contributed by atoms with Crippen LogP contribution in [0.3, 0.4) is 0 Å². The van der Waals surface area contributed by atoms with Crippen LogP contribution >= 0.6 is 0 Å². The van der Waals surface area contributed by atoms with E-state index in [0.29, 0.717) is 19.0 Å². The molecular formula is C18H21N5O2. The number of benzene rings is 1. The van der Waals surface area contributed by atoms with Crippen LogP contribution in [0.2, 0.25) is 0 Å². The Labute approximate surface area is 146 Å². The van der Waals surface area contributed by atoms with Crippen LogP contribution in [0.4, 0.5) is 10.7 Å². The van der Waals surface area contributed by atoms with Gasteiger partial charge in [-0.1, -0.05) is 12.1 Å². The lowest BCUT2D eigenvalue weighted by atomic mass is 10.2. The average Bonchev–Trinajstić information content (AvgIpc) is 2.69. The van der Waals surface area contributed by atoms with Crippen LogP contribution in [-0.2, 0) is 0 Å². The number of carbonyl (C=O) groups is 1. The Morgan fingerprint density at radius 3 is 2.44 bits per heavy atom. The van der Waals surface area contributed by atoms with Crippen LogP contribution in [0.15, 0.2) is 48.9 Å². The summed E-state index contributed by atoms with van der Waals surface area (Å²) >= 11 is 0. The van der Waals surface area contributed by atoms with E-state index in [9.17, 15) is 4.79 Å². The van der Waals surface area contributed by atoms with E-state index in [1.807, 2.05) is 30.3 Å². The minimum Gasteiger partial charge on any atom is -0.497 e. The summed E-state index contributed by atoms with van der Waals surface area (Å²) in [4.78, 5) is 24.6. The number of rotatable bonds is 4. The molecule has 1 N–H and O–H groups in total. The molecule has 25 heavy (non-hydrogen) atoms. The molecule has 0 spiro atoms. The Bertz CT molecular complexity index is 710. The zero-order valence-corrected chi connectivity index (χ0v) is 14.1. The van der Waals surface area contributed by atoms with Gasteiger partial charge in [-0.2, -0.15) is 0 Å². The number of carbonyl (C=O) groups excluding carboxylic acids is 1. The lowest BCUT2D eigenvalue weighted by Gasteiger charge is -2.34. The first-order chi connectivity index (χ1) is 12.3. The summed E-state index contributed by atoms with van der Waals surface area (Å²) in [7, 11) is 1.63. The smallest absolute Gasteiger partial charge is 0.321 e. The van der Waals surface area contributed by atoms with E-state index in [4.69, 9.17) is 4.74 Å². The van der Waals surface area contributed by atoms with Crippen molar-refractivity contribution < 1.29 is 9.53 Å². The van der Waals surface area contributed by atoms with E-state index >= 15 is 0 Å². The second-order valence-electron chi connectivity index (χ2n) is 5.58. The Hall–Kier alpha value is -3.09. The van der Waals surface area contributed by atoms with Gasteiger partial charge in [-0.25, -0.2) is 14.8 Å². The van der Waals surface area contributed by atoms with Crippen molar-refractivity contribution in [1.29, 1.82) is 0 Å². The number of nitrogens with zero attached hydrogens (tertiary/aromatic N) is 4. The van der Waals surface area contributed by atoms with Crippen molar-refractivity contribution in [2.75, 3.05) is 38.2 Å². The lowest BCUT2D eigenvalue weighted by Crippen LogP contribution is -2.51. The number of methoxy groups -OCH3 is 1. The molecule has 1 aromatic carbocycles. The van der Waals surface area contributed by atoms with Crippen molar-refractivity contribution in [2.45, 2.75) is 0 Å². The van der Waals surface area contributed by atoms with Crippen molar-refractivity contribution in [1.82, 2.24) is 20.2 Å². The van der Waals surface area contributed by atoms with Crippen LogP contribution in [-0.4, -0.2) is 54.2 Å². The number of nitrogens with one attached hydrogen (secondary N) is 1. The highest BCUT2D eigenvalue weighted by atomic mass is 16.5. The van der Waals surface area contributed by atoms with Crippen LogP contribution < -0.4 is 15.0 Å². The van der Waals surface area contributed by atoms with E-state index in [-0.39, 0.29) is 6.03 Å². The molecule has 130 valence electrons. The standard InChI is InChI=1S/C18H21N5O2/c1-25-16-5-3-15(4-6-16)7-10-21-18(24)23-13-11-22(12-14-23)17-19-8-2-9-20-17/h2-10H,11-14H2,1H3,(H,21,24)/b10-7+. The highest BCUT2D eigenvalue weighted by Gasteiger charge is 2.21. The summed E-state index contributed by atoms with van der Waals surface area (Å²) in [6.45, 7) is 2.72. The SMILES string of the molecule is COc1ccc(/C=C/NC(=O)N2CCN(c3ncccn3)CC2)cc1. The van der Waals surface area contributed by atoms with Gasteiger partial charge in [0.05, 0.1) is 7.11 Å². The molecule has 1 aromatic heterocycles. The Morgan fingerprint density at radius 2 is 1.80 bits per heavy atom. The van der Waals surface area contributed by atoms with Crippen molar-refractivity contribution in [2.24, 2.45) is 0 Å². The van der Waals surface area contributed by atoms with E-state index in [0.717, 1.165) is 24.4 Å². The fourth-order valence-corrected chi connectivity index (χ4v) is 2.58. The van der Waals surface area contributed by atoms with Gasteiger partial charge in [0.25, 0.3) is 0 Å². The molecule has 1 fully saturated rings. The molecule has 3 rings (SSSR count). The van der Waals surface area contributed by atoms with Gasteiger partial charge < -0.3 is 19.9 Å². The molecular weight excluding hydrogens is 318 g/mol. The molecule has 0 radical (unpaired) electrons. The molecule has 0 atom stereocenters. The van der Waals surface area contributed by atoms with Gasteiger partial charge in [0.2, 0.25) is 5.95 Å². The first-order valence-electron chi connectivity index (χ1n) is 8.14. The fourth-order valence-electron chi connectivity index (χ4n) is 2.58. The third-order valence-electron chi connectivity index (χ3n) is 4.00. The number of ether oxygens (including phenoxy) is 1. The lowest BCUT2D eigenvalue weighted by molar-refractivity contribution is 0.198. The zero-order valence-electron chi connectivity index (χ0n) is 14.1. The van der Waals surface area contributed by atoms with Crippen LogP contribution in [0.5, 0.6) is 5.75 Å². The molecule has 2 amide bonds. The summed E-state index contributed by atoms with van der Waals surface area (Å²) in [5.74, 6) is 1.52. The molecule has 1 aliphatic heterocycles. The van der Waals surface area contributed by atoms with E-state index < -0.39 is 0 Å². The summed E-state index contributed by atoms with van der Waals surface area (Å²) in [6.07, 6.45) is 6.97. The van der Waals surface area contributed by atoms with Crippen LogP contribution in [0.25, 0.3) is 6.08 Å². The van der Waals surface area contributed by atoms with Gasteiger partial charge in [-0.15, -0.1) is 0 Å². The predicted octanol–water partition coefficient (Wildman–Crippen LogP) is 1.99. The van der Waals surface area contributed by atoms with Crippen LogP contribution in [0, 0.1) is 0 Å². The predicted molar refractivity (Wildman–Crippen MR) is 96.4 cm³/mol. The van der Waals surface area contributed by atoms with Gasteiger partial charge >= 0.3 is 6.03 Å². The number of piperazine rings is 1. The zero-order chi connectivity index (χ0) is 17.5. The molecule has 0 saturated carbocycles. The van der Waals surface area contributed by atoms with Crippen molar-refractivity contribution in [3.8, 4) is 5.75 Å². The number of anilines is 1. The minimum absolute atomic E-state index is 0.0987. The molecule has 2 heterocycles. The maximum absolute atomic E-state index is 12.2. The van der Waals surface area contributed by atoms with E-state index in [2.05, 4.69) is 20.2 Å². The molecule has 1 saturated heterocycles. The van der Waals surface area contributed by atoms with Crippen molar-refractivity contribution in [3.63, 3.8) is 0 Å². The molecule has 0 bridgehead atoms. The first-order valence-corrected chi connectivity index (χ1v) is 8.14. The monoisotopic (exact) mass is 339 g/mol. The van der Waals surface area contributed by atoms with Gasteiger partial charge in [-0.3, -0.25) is 0 Å². The fraction of sp³-hybridized carbons (Fsp3) is 0.278. The normalized spacial score (nSPS) is 14.6. The second-order valence-corrected chi connectivity index (χ2v) is 5.58. The van der Waals surface area contributed by atoms with Gasteiger partial charge in [0.15, 0.2) is 0 Å². The third kappa shape index (κ3) is 4.47. The molecule has 7 heteroatoms. The largest absolute Gasteiger partial charge is 0.497 e. The maximum atomic E-state index is 12.2. The number of hydrogen-bond acceptors (Lipinski definition) is 5. The van der Waals surface area contributed by atoms with Gasteiger partial charge in [-0.05, 0) is 29.8 Å². The molecule has 0 unspecified atom stereocenters. The quantitative estimate of drug-likeness (QED) is 0.922. The highest BCUT2D eigenvalue weighted by Crippen LogP contribution is 2.12. The topological polar surface area (TPSA) is 70.6 Å². The van der Waals surface area contributed by atoms with E-state index in [1.54, 1.807) is 36.7 Å². The van der Waals surface area contributed by atoms with Crippen LogP contribution in [0.1, 0.15) is 5.56 Å². The second kappa shape index (κ2) is 8.14. The molecule has 1 aliphatic rings. The number of hydrogen-bond donors (Lipinski definition) is 1. The summed E-state index contributed by atoms with van der Waals surface area (Å²) in [5.41, 5.74) is 0.993. The van der Waals surface area contributed by atoms with Gasteiger partial charge in [0.1, 0.15) is 5.75 Å². The average molecular weight is 339 g/mol. The number of amides is 2. The van der Waals surface area contributed by atoms with Gasteiger partial charge in [0, 0.05) is 44.8 Å². The number of aromatic nitrogens is 2. The highest BCUT2D eigenvalue weighted by molar-refractivity contribution is 5.76. The Kier molecular flexibility index (Phi) is 5.46. The molecule has 2 aromatic rings. The van der Waals surface area contributed by atoms with Crippen molar-refractivity contribution in [3.05, 3.63) is 54.5 Å². The molecule has 7 nitrogen and oxygen atoms in total. The van der Waals surface area contributed by atoms with Crippen molar-refractivity contribution >= 4 is 18.1 Å². The maximum Gasteiger partial charge on any atom is 0.321 e.